The van der Waals surface area contributed by atoms with Gasteiger partial charge in [0.2, 0.25) is 15.9 Å². The third-order valence-corrected chi connectivity index (χ3v) is 7.56. The van der Waals surface area contributed by atoms with Crippen LogP contribution in [0.3, 0.4) is 0 Å². The first-order valence-corrected chi connectivity index (χ1v) is 11.4. The number of piperidine rings is 1. The first-order chi connectivity index (χ1) is 13.9. The number of pyridine rings is 1. The van der Waals surface area contributed by atoms with Crippen molar-refractivity contribution in [1.82, 2.24) is 19.1 Å². The molecule has 0 radical (unpaired) electrons. The van der Waals surface area contributed by atoms with Crippen molar-refractivity contribution in [3.05, 3.63) is 47.3 Å². The van der Waals surface area contributed by atoms with Gasteiger partial charge in [-0.2, -0.15) is 9.40 Å². The third-order valence-electron chi connectivity index (χ3n) is 5.05. The standard InChI is InChI=1S/C19H20BrN5O3S/c1-24-12-14(10-22-24)29(27,28)25-9-3-4-13(11-25)19(26)23-17-7-6-16(20)15-5-2-8-21-18(15)17/h2,5-8,10,12-13H,3-4,9,11H2,1H3,(H,23,26). The maximum absolute atomic E-state index is 12.9. The van der Waals surface area contributed by atoms with E-state index in [9.17, 15) is 13.2 Å². The molecule has 10 heteroatoms. The topological polar surface area (TPSA) is 97.2 Å². The minimum Gasteiger partial charge on any atom is -0.324 e. The summed E-state index contributed by atoms with van der Waals surface area (Å²) < 4.78 is 29.4. The van der Waals surface area contributed by atoms with Gasteiger partial charge in [0.05, 0.1) is 23.3 Å². The number of aryl methyl sites for hydroxylation is 1. The predicted molar refractivity (Wildman–Crippen MR) is 113 cm³/mol. The number of aromatic nitrogens is 3. The number of carbonyl (C=O) groups is 1. The highest BCUT2D eigenvalue weighted by molar-refractivity contribution is 9.10. The number of hydrogen-bond acceptors (Lipinski definition) is 5. The Balaban J connectivity index is 1.53. The lowest BCUT2D eigenvalue weighted by molar-refractivity contribution is -0.120. The summed E-state index contributed by atoms with van der Waals surface area (Å²) in [5.74, 6) is -0.636. The zero-order valence-electron chi connectivity index (χ0n) is 15.7. The average molecular weight is 478 g/mol. The number of rotatable bonds is 4. The average Bonchev–Trinajstić information content (AvgIpc) is 3.17. The highest BCUT2D eigenvalue weighted by atomic mass is 79.9. The fourth-order valence-corrected chi connectivity index (χ4v) is 5.49. The molecule has 8 nitrogen and oxygen atoms in total. The van der Waals surface area contributed by atoms with Gasteiger partial charge in [-0.3, -0.25) is 14.5 Å². The summed E-state index contributed by atoms with van der Waals surface area (Å²) in [5.41, 5.74) is 1.30. The summed E-state index contributed by atoms with van der Waals surface area (Å²) in [6.45, 7) is 0.536. The molecule has 3 aromatic rings. The van der Waals surface area contributed by atoms with Crippen molar-refractivity contribution in [1.29, 1.82) is 0 Å². The van der Waals surface area contributed by atoms with Crippen molar-refractivity contribution < 1.29 is 13.2 Å². The quantitative estimate of drug-likeness (QED) is 0.622. The van der Waals surface area contributed by atoms with E-state index in [1.807, 2.05) is 18.2 Å². The number of sulfonamides is 1. The van der Waals surface area contributed by atoms with E-state index in [-0.39, 0.29) is 17.3 Å². The van der Waals surface area contributed by atoms with Crippen LogP contribution in [0.15, 0.2) is 52.2 Å². The second-order valence-electron chi connectivity index (χ2n) is 7.04. The number of nitrogens with one attached hydrogen (secondary N) is 1. The number of fused-ring (bicyclic) bond motifs is 1. The molecule has 0 saturated carbocycles. The Labute approximate surface area is 177 Å². The minimum absolute atomic E-state index is 0.143. The lowest BCUT2D eigenvalue weighted by Crippen LogP contribution is -2.43. The molecule has 152 valence electrons. The molecule has 1 unspecified atom stereocenters. The number of halogens is 1. The van der Waals surface area contributed by atoms with Crippen LogP contribution >= 0.6 is 15.9 Å². The summed E-state index contributed by atoms with van der Waals surface area (Å²) in [6, 6.07) is 7.41. The zero-order chi connectivity index (χ0) is 20.6. The van der Waals surface area contributed by atoms with E-state index in [4.69, 9.17) is 0 Å². The smallest absolute Gasteiger partial charge is 0.246 e. The first kappa shape index (κ1) is 20.0. The number of hydrogen-bond donors (Lipinski definition) is 1. The highest BCUT2D eigenvalue weighted by Gasteiger charge is 2.34. The lowest BCUT2D eigenvalue weighted by Gasteiger charge is -2.30. The van der Waals surface area contributed by atoms with Gasteiger partial charge in [0.1, 0.15) is 4.90 Å². The molecule has 3 heterocycles. The molecule has 0 bridgehead atoms. The van der Waals surface area contributed by atoms with Crippen molar-refractivity contribution >= 4 is 48.5 Å². The third kappa shape index (κ3) is 3.92. The van der Waals surface area contributed by atoms with E-state index in [0.29, 0.717) is 30.6 Å². The first-order valence-electron chi connectivity index (χ1n) is 9.19. The molecule has 1 aliphatic heterocycles. The van der Waals surface area contributed by atoms with Crippen molar-refractivity contribution in [3.63, 3.8) is 0 Å². The molecule has 29 heavy (non-hydrogen) atoms. The Kier molecular flexibility index (Phi) is 5.41. The van der Waals surface area contributed by atoms with Gasteiger partial charge in [-0.25, -0.2) is 8.42 Å². The zero-order valence-corrected chi connectivity index (χ0v) is 18.1. The summed E-state index contributed by atoms with van der Waals surface area (Å²) >= 11 is 3.49. The van der Waals surface area contributed by atoms with E-state index in [0.717, 1.165) is 9.86 Å². The van der Waals surface area contributed by atoms with Gasteiger partial charge in [0.25, 0.3) is 0 Å². The van der Waals surface area contributed by atoms with Crippen molar-refractivity contribution in [2.75, 3.05) is 18.4 Å². The molecule has 1 aromatic carbocycles. The predicted octanol–water partition coefficient (Wildman–Crippen LogP) is 2.77. The Morgan fingerprint density at radius 3 is 2.90 bits per heavy atom. The van der Waals surface area contributed by atoms with E-state index in [1.54, 1.807) is 19.3 Å². The normalized spacial score (nSPS) is 18.1. The summed E-state index contributed by atoms with van der Waals surface area (Å²) in [5, 5.41) is 7.78. The van der Waals surface area contributed by atoms with Crippen molar-refractivity contribution in [3.8, 4) is 0 Å². The Morgan fingerprint density at radius 1 is 1.31 bits per heavy atom. The van der Waals surface area contributed by atoms with Crippen LogP contribution in [0.1, 0.15) is 12.8 Å². The van der Waals surface area contributed by atoms with Gasteiger partial charge in [-0.15, -0.1) is 0 Å². The SMILES string of the molecule is Cn1cc(S(=O)(=O)N2CCCC(C(=O)Nc3ccc(Br)c4cccnc34)C2)cn1. The molecule has 1 amide bonds. The molecular weight excluding hydrogens is 458 g/mol. The molecular formula is C19H20BrN5O3S. The lowest BCUT2D eigenvalue weighted by atomic mass is 9.98. The van der Waals surface area contributed by atoms with E-state index >= 15 is 0 Å². The molecule has 1 fully saturated rings. The fourth-order valence-electron chi connectivity index (χ4n) is 3.53. The number of nitrogens with zero attached hydrogens (tertiary/aromatic N) is 4. The van der Waals surface area contributed by atoms with Crippen LogP contribution in [0.4, 0.5) is 5.69 Å². The maximum atomic E-state index is 12.9. The van der Waals surface area contributed by atoms with Gasteiger partial charge in [-0.05, 0) is 31.0 Å². The molecule has 0 aliphatic carbocycles. The number of benzene rings is 1. The highest BCUT2D eigenvalue weighted by Crippen LogP contribution is 2.30. The van der Waals surface area contributed by atoms with Gasteiger partial charge < -0.3 is 5.32 Å². The van der Waals surface area contributed by atoms with Gasteiger partial charge in [0, 0.05) is 42.4 Å². The Morgan fingerprint density at radius 2 is 2.14 bits per heavy atom. The largest absolute Gasteiger partial charge is 0.324 e. The van der Waals surface area contributed by atoms with E-state index in [2.05, 4.69) is 31.3 Å². The van der Waals surface area contributed by atoms with E-state index in [1.165, 1.54) is 21.4 Å². The van der Waals surface area contributed by atoms with Gasteiger partial charge >= 0.3 is 0 Å². The summed E-state index contributed by atoms with van der Waals surface area (Å²) in [4.78, 5) is 17.4. The molecule has 1 atom stereocenters. The molecule has 1 aliphatic rings. The molecule has 1 N–H and O–H groups in total. The summed E-state index contributed by atoms with van der Waals surface area (Å²) in [7, 11) is -2.00. The molecule has 2 aromatic heterocycles. The number of carbonyl (C=O) groups excluding carboxylic acids is 1. The van der Waals surface area contributed by atoms with Gasteiger partial charge in [0.15, 0.2) is 0 Å². The number of anilines is 1. The summed E-state index contributed by atoms with van der Waals surface area (Å²) in [6.07, 6.45) is 5.73. The van der Waals surface area contributed by atoms with Crippen LogP contribution in [0.25, 0.3) is 10.9 Å². The van der Waals surface area contributed by atoms with Crippen LogP contribution in [0.2, 0.25) is 0 Å². The van der Waals surface area contributed by atoms with E-state index < -0.39 is 15.9 Å². The fraction of sp³-hybridized carbons (Fsp3) is 0.316. The molecule has 0 spiro atoms. The molecule has 4 rings (SSSR count). The minimum atomic E-state index is -3.67. The van der Waals surface area contributed by atoms with Crippen LogP contribution in [0, 0.1) is 5.92 Å². The second-order valence-corrected chi connectivity index (χ2v) is 9.83. The van der Waals surface area contributed by atoms with Crippen LogP contribution in [-0.2, 0) is 21.9 Å². The number of amides is 1. The van der Waals surface area contributed by atoms with Crippen molar-refractivity contribution in [2.45, 2.75) is 17.7 Å². The molecule has 1 saturated heterocycles. The monoisotopic (exact) mass is 477 g/mol. The maximum Gasteiger partial charge on any atom is 0.246 e. The van der Waals surface area contributed by atoms with Crippen molar-refractivity contribution in [2.24, 2.45) is 13.0 Å². The van der Waals surface area contributed by atoms with Crippen LogP contribution < -0.4 is 5.32 Å². The van der Waals surface area contributed by atoms with Gasteiger partial charge in [-0.1, -0.05) is 22.0 Å². The van der Waals surface area contributed by atoms with Crippen LogP contribution in [0.5, 0.6) is 0 Å². The Hall–Kier alpha value is -2.30. The second kappa shape index (κ2) is 7.85. The van der Waals surface area contributed by atoms with Crippen LogP contribution in [-0.4, -0.2) is 46.5 Å². The Bertz CT molecular complexity index is 1180.